The molecule has 1 atom stereocenters. The van der Waals surface area contributed by atoms with Crippen molar-refractivity contribution in [3.05, 3.63) is 41.5 Å². The molecule has 0 aromatic carbocycles. The van der Waals surface area contributed by atoms with E-state index in [4.69, 9.17) is 0 Å². The van der Waals surface area contributed by atoms with Crippen molar-refractivity contribution in [2.75, 3.05) is 0 Å². The van der Waals surface area contributed by atoms with Crippen molar-refractivity contribution < 1.29 is 5.11 Å². The van der Waals surface area contributed by atoms with Crippen molar-refractivity contribution in [3.63, 3.8) is 0 Å². The lowest BCUT2D eigenvalue weighted by molar-refractivity contribution is 0.172. The van der Waals surface area contributed by atoms with Gasteiger partial charge in [0.2, 0.25) is 0 Å². The minimum absolute atomic E-state index is 0.434. The zero-order valence-electron chi connectivity index (χ0n) is 9.33. The summed E-state index contributed by atoms with van der Waals surface area (Å²) in [6, 6.07) is 3.76. The summed E-state index contributed by atoms with van der Waals surface area (Å²) in [5, 5.41) is 17.7. The van der Waals surface area contributed by atoms with Gasteiger partial charge < -0.3 is 5.11 Å². The maximum atomic E-state index is 9.93. The van der Waals surface area contributed by atoms with Gasteiger partial charge in [0.05, 0.1) is 11.4 Å². The molecule has 0 aliphatic carbocycles. The number of nitrogens with zero attached hydrogens (tertiary/aromatic N) is 4. The summed E-state index contributed by atoms with van der Waals surface area (Å²) in [4.78, 5) is 4.18. The number of rotatable bonds is 3. The standard InChI is InChI=1S/C11H14N4O/c1-8-3-4-10(12-6-8)11(16)5-9-7-15(2)14-13-9/h3-4,6-7,11,16H,5H2,1-2H3. The van der Waals surface area contributed by atoms with Gasteiger partial charge in [-0.3, -0.25) is 9.67 Å². The predicted molar refractivity (Wildman–Crippen MR) is 58.6 cm³/mol. The predicted octanol–water partition coefficient (Wildman–Crippen LogP) is 0.795. The SMILES string of the molecule is Cc1ccc(C(O)Cc2cn(C)nn2)nc1. The zero-order chi connectivity index (χ0) is 11.5. The van der Waals surface area contributed by atoms with Crippen molar-refractivity contribution in [2.45, 2.75) is 19.4 Å². The molecule has 0 saturated heterocycles. The van der Waals surface area contributed by atoms with Gasteiger partial charge >= 0.3 is 0 Å². The summed E-state index contributed by atoms with van der Waals surface area (Å²) < 4.78 is 1.62. The van der Waals surface area contributed by atoms with Crippen LogP contribution in [0, 0.1) is 6.92 Å². The smallest absolute Gasteiger partial charge is 0.102 e. The Balaban J connectivity index is 2.08. The molecule has 84 valence electrons. The van der Waals surface area contributed by atoms with Crippen LogP contribution in [-0.2, 0) is 13.5 Å². The number of pyridine rings is 1. The third-order valence-electron chi connectivity index (χ3n) is 2.33. The highest BCUT2D eigenvalue weighted by Crippen LogP contribution is 2.14. The third-order valence-corrected chi connectivity index (χ3v) is 2.33. The maximum Gasteiger partial charge on any atom is 0.102 e. The van der Waals surface area contributed by atoms with Crippen LogP contribution in [-0.4, -0.2) is 25.1 Å². The second-order valence-electron chi connectivity index (χ2n) is 3.86. The molecule has 0 spiro atoms. The first-order valence-corrected chi connectivity index (χ1v) is 5.11. The second kappa shape index (κ2) is 4.40. The Hall–Kier alpha value is -1.75. The molecule has 2 aromatic heterocycles. The molecule has 0 radical (unpaired) electrons. The molecule has 16 heavy (non-hydrogen) atoms. The number of aromatic nitrogens is 4. The first kappa shape index (κ1) is 10.8. The highest BCUT2D eigenvalue weighted by Gasteiger charge is 2.11. The maximum absolute atomic E-state index is 9.93. The lowest BCUT2D eigenvalue weighted by atomic mass is 10.1. The van der Waals surface area contributed by atoms with Gasteiger partial charge in [0.25, 0.3) is 0 Å². The highest BCUT2D eigenvalue weighted by molar-refractivity contribution is 5.15. The first-order chi connectivity index (χ1) is 7.65. The van der Waals surface area contributed by atoms with E-state index in [9.17, 15) is 5.11 Å². The Morgan fingerprint density at radius 3 is 2.81 bits per heavy atom. The number of hydrogen-bond donors (Lipinski definition) is 1. The number of aliphatic hydroxyl groups excluding tert-OH is 1. The lowest BCUT2D eigenvalue weighted by Gasteiger charge is -2.07. The largest absolute Gasteiger partial charge is 0.386 e. The molecule has 1 unspecified atom stereocenters. The molecule has 0 saturated carbocycles. The number of aryl methyl sites for hydroxylation is 2. The van der Waals surface area contributed by atoms with E-state index in [0.717, 1.165) is 11.3 Å². The Labute approximate surface area is 93.8 Å². The van der Waals surface area contributed by atoms with E-state index in [1.54, 1.807) is 24.1 Å². The van der Waals surface area contributed by atoms with Crippen molar-refractivity contribution in [1.82, 2.24) is 20.0 Å². The van der Waals surface area contributed by atoms with Gasteiger partial charge in [-0.2, -0.15) is 0 Å². The fourth-order valence-corrected chi connectivity index (χ4v) is 1.47. The Bertz CT molecular complexity index is 463. The van der Waals surface area contributed by atoms with Crippen LogP contribution in [0.4, 0.5) is 0 Å². The van der Waals surface area contributed by atoms with Gasteiger partial charge in [-0.05, 0) is 18.6 Å². The summed E-state index contributed by atoms with van der Waals surface area (Å²) in [6.07, 6.45) is 3.34. The minimum atomic E-state index is -0.628. The fourth-order valence-electron chi connectivity index (χ4n) is 1.47. The molecule has 2 rings (SSSR count). The van der Waals surface area contributed by atoms with E-state index >= 15 is 0 Å². The topological polar surface area (TPSA) is 63.8 Å². The number of aliphatic hydroxyl groups is 1. The van der Waals surface area contributed by atoms with Crippen LogP contribution in [0.25, 0.3) is 0 Å². The summed E-state index contributed by atoms with van der Waals surface area (Å²) in [5.74, 6) is 0. The normalized spacial score (nSPS) is 12.7. The van der Waals surface area contributed by atoms with Gasteiger partial charge in [0.1, 0.15) is 6.10 Å². The zero-order valence-corrected chi connectivity index (χ0v) is 9.33. The molecular formula is C11H14N4O. The van der Waals surface area contributed by atoms with Crippen molar-refractivity contribution in [2.24, 2.45) is 7.05 Å². The Morgan fingerprint density at radius 2 is 2.25 bits per heavy atom. The van der Waals surface area contributed by atoms with Crippen molar-refractivity contribution in [3.8, 4) is 0 Å². The van der Waals surface area contributed by atoms with Gasteiger partial charge in [-0.1, -0.05) is 11.3 Å². The molecule has 5 heteroatoms. The molecule has 5 nitrogen and oxygen atoms in total. The van der Waals surface area contributed by atoms with Crippen LogP contribution in [0.1, 0.15) is 23.1 Å². The summed E-state index contributed by atoms with van der Waals surface area (Å²) >= 11 is 0. The fraction of sp³-hybridized carbons (Fsp3) is 0.364. The van der Waals surface area contributed by atoms with Crippen molar-refractivity contribution >= 4 is 0 Å². The lowest BCUT2D eigenvalue weighted by Crippen LogP contribution is -2.04. The molecule has 0 amide bonds. The first-order valence-electron chi connectivity index (χ1n) is 5.11. The van der Waals surface area contributed by atoms with Crippen molar-refractivity contribution in [1.29, 1.82) is 0 Å². The third kappa shape index (κ3) is 2.43. The average molecular weight is 218 g/mol. The van der Waals surface area contributed by atoms with Gasteiger partial charge in [0, 0.05) is 25.9 Å². The van der Waals surface area contributed by atoms with Crippen LogP contribution in [0.5, 0.6) is 0 Å². The molecule has 0 aliphatic heterocycles. The van der Waals surface area contributed by atoms with Gasteiger partial charge in [-0.15, -0.1) is 5.10 Å². The molecule has 0 bridgehead atoms. The minimum Gasteiger partial charge on any atom is -0.386 e. The molecular weight excluding hydrogens is 204 g/mol. The summed E-state index contributed by atoms with van der Waals surface area (Å²) in [7, 11) is 1.80. The Morgan fingerprint density at radius 1 is 1.44 bits per heavy atom. The van der Waals surface area contributed by atoms with Gasteiger partial charge in [-0.25, -0.2) is 0 Å². The van der Waals surface area contributed by atoms with Crippen LogP contribution >= 0.6 is 0 Å². The quantitative estimate of drug-likeness (QED) is 0.827. The second-order valence-corrected chi connectivity index (χ2v) is 3.86. The molecule has 1 N–H and O–H groups in total. The summed E-state index contributed by atoms with van der Waals surface area (Å²) in [6.45, 7) is 1.96. The highest BCUT2D eigenvalue weighted by atomic mass is 16.3. The van der Waals surface area contributed by atoms with Crippen LogP contribution in [0.2, 0.25) is 0 Å². The Kier molecular flexibility index (Phi) is 2.96. The van der Waals surface area contributed by atoms with Crippen LogP contribution in [0.3, 0.4) is 0 Å². The number of hydrogen-bond acceptors (Lipinski definition) is 4. The average Bonchev–Trinajstić information content (AvgIpc) is 2.65. The van der Waals surface area contributed by atoms with Crippen LogP contribution in [0.15, 0.2) is 24.5 Å². The molecule has 2 aromatic rings. The molecule has 0 fully saturated rings. The molecule has 2 heterocycles. The molecule has 0 aliphatic rings. The van der Waals surface area contributed by atoms with E-state index in [-0.39, 0.29) is 0 Å². The van der Waals surface area contributed by atoms with E-state index in [0.29, 0.717) is 12.1 Å². The van der Waals surface area contributed by atoms with E-state index in [1.807, 2.05) is 19.1 Å². The van der Waals surface area contributed by atoms with E-state index in [1.165, 1.54) is 0 Å². The van der Waals surface area contributed by atoms with E-state index < -0.39 is 6.10 Å². The van der Waals surface area contributed by atoms with Crippen LogP contribution < -0.4 is 0 Å². The van der Waals surface area contributed by atoms with Gasteiger partial charge in [0.15, 0.2) is 0 Å². The van der Waals surface area contributed by atoms with E-state index in [2.05, 4.69) is 15.3 Å². The summed E-state index contributed by atoms with van der Waals surface area (Å²) in [5.41, 5.74) is 2.50. The monoisotopic (exact) mass is 218 g/mol.